The van der Waals surface area contributed by atoms with Crippen LogP contribution in [0.2, 0.25) is 0 Å². The number of carboxylic acid groups (broad SMARTS) is 1. The molecule has 7 nitrogen and oxygen atoms in total. The molecule has 1 amide bonds. The highest BCUT2D eigenvalue weighted by Gasteiger charge is 2.43. The van der Waals surface area contributed by atoms with E-state index >= 15 is 0 Å². The van der Waals surface area contributed by atoms with Crippen molar-refractivity contribution in [3.05, 3.63) is 0 Å². The molecule has 0 aromatic carbocycles. The molecule has 0 aromatic heterocycles. The van der Waals surface area contributed by atoms with Gasteiger partial charge >= 0.3 is 5.97 Å². The molecule has 1 heterocycles. The molecular weight excluding hydrogens is 236 g/mol. The van der Waals surface area contributed by atoms with Gasteiger partial charge in [0.2, 0.25) is 15.9 Å². The SMILES string of the molecule is CC1(C(N)=O)CCN(S(=O)(=O)CC(=O)O)C1. The summed E-state index contributed by atoms with van der Waals surface area (Å²) in [4.78, 5) is 21.5. The number of nitrogens with zero attached hydrogens (tertiary/aromatic N) is 1. The fourth-order valence-electron chi connectivity index (χ4n) is 1.60. The molecule has 92 valence electrons. The Morgan fingerprint density at radius 1 is 1.50 bits per heavy atom. The third kappa shape index (κ3) is 2.50. The predicted molar refractivity (Wildman–Crippen MR) is 54.9 cm³/mol. The van der Waals surface area contributed by atoms with Crippen molar-refractivity contribution in [1.82, 2.24) is 4.31 Å². The van der Waals surface area contributed by atoms with Gasteiger partial charge < -0.3 is 10.8 Å². The summed E-state index contributed by atoms with van der Waals surface area (Å²) in [6, 6.07) is 0. The maximum absolute atomic E-state index is 11.5. The van der Waals surface area contributed by atoms with Crippen molar-refractivity contribution in [3.8, 4) is 0 Å². The Kier molecular flexibility index (Phi) is 3.25. The number of hydrogen-bond acceptors (Lipinski definition) is 4. The first kappa shape index (κ1) is 12.9. The topological polar surface area (TPSA) is 118 Å². The minimum atomic E-state index is -3.84. The van der Waals surface area contributed by atoms with Gasteiger partial charge in [-0.2, -0.15) is 0 Å². The first-order valence-electron chi connectivity index (χ1n) is 4.67. The molecule has 8 heteroatoms. The summed E-state index contributed by atoms with van der Waals surface area (Å²) in [5.41, 5.74) is 4.26. The van der Waals surface area contributed by atoms with Gasteiger partial charge in [0.15, 0.2) is 5.75 Å². The minimum Gasteiger partial charge on any atom is -0.480 e. The molecule has 1 aliphatic rings. The molecule has 0 radical (unpaired) electrons. The summed E-state index contributed by atoms with van der Waals surface area (Å²) in [5.74, 6) is -2.94. The molecule has 1 unspecified atom stereocenters. The summed E-state index contributed by atoms with van der Waals surface area (Å²) < 4.78 is 24.1. The first-order valence-corrected chi connectivity index (χ1v) is 6.28. The maximum Gasteiger partial charge on any atom is 0.320 e. The van der Waals surface area contributed by atoms with Gasteiger partial charge in [-0.3, -0.25) is 9.59 Å². The number of primary amides is 1. The molecule has 0 aliphatic carbocycles. The second-order valence-electron chi connectivity index (χ2n) is 4.16. The highest BCUT2D eigenvalue weighted by molar-refractivity contribution is 7.89. The van der Waals surface area contributed by atoms with Gasteiger partial charge in [-0.1, -0.05) is 0 Å². The van der Waals surface area contributed by atoms with Gasteiger partial charge in [0.1, 0.15) is 0 Å². The Hall–Kier alpha value is -1.15. The van der Waals surface area contributed by atoms with Crippen LogP contribution in [0.4, 0.5) is 0 Å². The van der Waals surface area contributed by atoms with Crippen LogP contribution in [0.1, 0.15) is 13.3 Å². The van der Waals surface area contributed by atoms with Crippen molar-refractivity contribution in [1.29, 1.82) is 0 Å². The van der Waals surface area contributed by atoms with Gasteiger partial charge in [0.05, 0.1) is 5.41 Å². The smallest absolute Gasteiger partial charge is 0.320 e. The van der Waals surface area contributed by atoms with Gasteiger partial charge in [-0.25, -0.2) is 12.7 Å². The third-order valence-electron chi connectivity index (χ3n) is 2.73. The fourth-order valence-corrected chi connectivity index (χ4v) is 2.95. The van der Waals surface area contributed by atoms with E-state index in [1.807, 2.05) is 0 Å². The van der Waals surface area contributed by atoms with Gasteiger partial charge in [0, 0.05) is 13.1 Å². The molecule has 1 fully saturated rings. The molecule has 0 aromatic rings. The Labute approximate surface area is 93.3 Å². The standard InChI is InChI=1S/C8H14N2O5S/c1-8(7(9)13)2-3-10(5-8)16(14,15)4-6(11)12/h2-5H2,1H3,(H2,9,13)(H,11,12). The Morgan fingerprint density at radius 2 is 2.06 bits per heavy atom. The zero-order valence-electron chi connectivity index (χ0n) is 8.84. The minimum absolute atomic E-state index is 0.0437. The number of nitrogens with two attached hydrogens (primary N) is 1. The van der Waals surface area contributed by atoms with Crippen molar-refractivity contribution in [3.63, 3.8) is 0 Å². The van der Waals surface area contributed by atoms with E-state index in [0.717, 1.165) is 4.31 Å². The van der Waals surface area contributed by atoms with E-state index in [1.54, 1.807) is 6.92 Å². The number of carbonyl (C=O) groups is 2. The lowest BCUT2D eigenvalue weighted by molar-refractivity contribution is -0.134. The average Bonchev–Trinajstić information content (AvgIpc) is 2.47. The molecule has 0 spiro atoms. The predicted octanol–water partition coefficient (Wildman–Crippen LogP) is -1.40. The number of aliphatic carboxylic acids is 1. The van der Waals surface area contributed by atoms with E-state index in [1.165, 1.54) is 0 Å². The quantitative estimate of drug-likeness (QED) is 0.636. The monoisotopic (exact) mass is 250 g/mol. The molecule has 16 heavy (non-hydrogen) atoms. The largest absolute Gasteiger partial charge is 0.480 e. The lowest BCUT2D eigenvalue weighted by atomic mass is 9.89. The molecule has 3 N–H and O–H groups in total. The number of hydrogen-bond donors (Lipinski definition) is 2. The van der Waals surface area contributed by atoms with Crippen LogP contribution >= 0.6 is 0 Å². The van der Waals surface area contributed by atoms with Gasteiger partial charge in [-0.05, 0) is 13.3 Å². The molecular formula is C8H14N2O5S. The number of carbonyl (C=O) groups excluding carboxylic acids is 1. The molecule has 1 aliphatic heterocycles. The highest BCUT2D eigenvalue weighted by Crippen LogP contribution is 2.31. The molecule has 1 atom stereocenters. The fraction of sp³-hybridized carbons (Fsp3) is 0.750. The zero-order chi connectivity index (χ0) is 12.6. The molecule has 0 bridgehead atoms. The normalized spacial score (nSPS) is 26.8. The van der Waals surface area contributed by atoms with Crippen LogP contribution in [0, 0.1) is 5.41 Å². The Morgan fingerprint density at radius 3 is 2.44 bits per heavy atom. The molecule has 1 rings (SSSR count). The lowest BCUT2D eigenvalue weighted by Gasteiger charge is -2.20. The summed E-state index contributed by atoms with van der Waals surface area (Å²) >= 11 is 0. The van der Waals surface area contributed by atoms with Crippen molar-refractivity contribution >= 4 is 21.9 Å². The molecule has 0 saturated carbocycles. The van der Waals surface area contributed by atoms with Crippen LogP contribution in [-0.4, -0.2) is 48.5 Å². The molecule has 1 saturated heterocycles. The van der Waals surface area contributed by atoms with E-state index < -0.39 is 33.1 Å². The Balaban J connectivity index is 2.81. The Bertz CT molecular complexity index is 418. The van der Waals surface area contributed by atoms with E-state index in [9.17, 15) is 18.0 Å². The second kappa shape index (κ2) is 4.02. The third-order valence-corrected chi connectivity index (χ3v) is 4.44. The van der Waals surface area contributed by atoms with Gasteiger partial charge in [0.25, 0.3) is 0 Å². The van der Waals surface area contributed by atoms with Gasteiger partial charge in [-0.15, -0.1) is 0 Å². The lowest BCUT2D eigenvalue weighted by Crippen LogP contribution is -2.40. The maximum atomic E-state index is 11.5. The van der Waals surface area contributed by atoms with Crippen molar-refractivity contribution in [2.75, 3.05) is 18.8 Å². The summed E-state index contributed by atoms with van der Waals surface area (Å²) in [7, 11) is -3.84. The number of carboxylic acids is 1. The van der Waals surface area contributed by atoms with Crippen LogP contribution in [0.25, 0.3) is 0 Å². The number of sulfonamides is 1. The van der Waals surface area contributed by atoms with Crippen LogP contribution < -0.4 is 5.73 Å². The number of rotatable bonds is 4. The summed E-state index contributed by atoms with van der Waals surface area (Å²) in [6.45, 7) is 1.67. The average molecular weight is 250 g/mol. The van der Waals surface area contributed by atoms with Crippen LogP contribution in [0.3, 0.4) is 0 Å². The summed E-state index contributed by atoms with van der Waals surface area (Å²) in [5, 5.41) is 8.45. The van der Waals surface area contributed by atoms with E-state index in [2.05, 4.69) is 0 Å². The second-order valence-corrected chi connectivity index (χ2v) is 6.13. The summed E-state index contributed by atoms with van der Waals surface area (Å²) in [6.07, 6.45) is 0.321. The van der Waals surface area contributed by atoms with E-state index in [-0.39, 0.29) is 13.1 Å². The van der Waals surface area contributed by atoms with Crippen LogP contribution in [-0.2, 0) is 19.6 Å². The van der Waals surface area contributed by atoms with Crippen molar-refractivity contribution in [2.45, 2.75) is 13.3 Å². The van der Waals surface area contributed by atoms with E-state index in [4.69, 9.17) is 10.8 Å². The first-order chi connectivity index (χ1) is 7.17. The van der Waals surface area contributed by atoms with Crippen LogP contribution in [0.5, 0.6) is 0 Å². The van der Waals surface area contributed by atoms with E-state index in [0.29, 0.717) is 6.42 Å². The van der Waals surface area contributed by atoms with Crippen LogP contribution in [0.15, 0.2) is 0 Å². The highest BCUT2D eigenvalue weighted by atomic mass is 32.2. The van der Waals surface area contributed by atoms with Crippen molar-refractivity contribution in [2.24, 2.45) is 11.1 Å². The number of amides is 1. The zero-order valence-corrected chi connectivity index (χ0v) is 9.66. The van der Waals surface area contributed by atoms with Crippen molar-refractivity contribution < 1.29 is 23.1 Å².